The Bertz CT molecular complexity index is 1290. The molecule has 4 rings (SSSR count). The number of carbonyl (C=O) groups excluding carboxylic acids is 1. The van der Waals surface area contributed by atoms with Crippen LogP contribution in [0.2, 0.25) is 0 Å². The minimum atomic E-state index is -0.354. The number of thiophene rings is 1. The second-order valence-corrected chi connectivity index (χ2v) is 7.00. The van der Waals surface area contributed by atoms with Crippen molar-refractivity contribution >= 4 is 38.4 Å². The number of hydrogen-bond donors (Lipinski definition) is 2. The predicted molar refractivity (Wildman–Crippen MR) is 106 cm³/mol. The molecular formula is C19H16N4O3S. The van der Waals surface area contributed by atoms with E-state index in [9.17, 15) is 14.4 Å². The van der Waals surface area contributed by atoms with E-state index in [1.165, 1.54) is 17.4 Å². The Kier molecular flexibility index (Phi) is 4.33. The van der Waals surface area contributed by atoms with Gasteiger partial charge in [0.15, 0.2) is 0 Å². The van der Waals surface area contributed by atoms with Crippen molar-refractivity contribution in [1.82, 2.24) is 19.9 Å². The van der Waals surface area contributed by atoms with Crippen LogP contribution in [0.1, 0.15) is 16.2 Å². The van der Waals surface area contributed by atoms with Gasteiger partial charge < -0.3 is 10.3 Å². The van der Waals surface area contributed by atoms with Gasteiger partial charge in [-0.2, -0.15) is 0 Å². The Morgan fingerprint density at radius 1 is 1.22 bits per heavy atom. The van der Waals surface area contributed by atoms with Crippen molar-refractivity contribution < 1.29 is 4.79 Å². The highest BCUT2D eigenvalue weighted by molar-refractivity contribution is 7.16. The molecule has 0 aliphatic rings. The fraction of sp³-hybridized carbons (Fsp3) is 0.158. The van der Waals surface area contributed by atoms with E-state index >= 15 is 0 Å². The SMILES string of the molecule is Cc1nc2sccc2c(=O)n1CCNC(=O)c1cc(=O)[nH]c2ccccc12. The predicted octanol–water partition coefficient (Wildman–Crippen LogP) is 2.04. The first-order chi connectivity index (χ1) is 13.0. The van der Waals surface area contributed by atoms with Gasteiger partial charge in [0, 0.05) is 30.1 Å². The highest BCUT2D eigenvalue weighted by atomic mass is 32.1. The molecule has 8 heteroatoms. The molecular weight excluding hydrogens is 364 g/mol. The molecule has 0 fully saturated rings. The Morgan fingerprint density at radius 2 is 2.04 bits per heavy atom. The third-order valence-electron chi connectivity index (χ3n) is 4.39. The van der Waals surface area contributed by atoms with Crippen LogP contribution in [0.25, 0.3) is 21.1 Å². The Balaban J connectivity index is 1.56. The number of amides is 1. The van der Waals surface area contributed by atoms with Crippen LogP contribution in [0.3, 0.4) is 0 Å². The van der Waals surface area contributed by atoms with E-state index in [1.807, 2.05) is 11.4 Å². The molecule has 0 saturated carbocycles. The minimum absolute atomic E-state index is 0.116. The molecule has 0 unspecified atom stereocenters. The normalized spacial score (nSPS) is 11.1. The third kappa shape index (κ3) is 3.15. The van der Waals surface area contributed by atoms with E-state index < -0.39 is 0 Å². The average molecular weight is 380 g/mol. The van der Waals surface area contributed by atoms with Crippen LogP contribution in [0.15, 0.2) is 51.4 Å². The summed E-state index contributed by atoms with van der Waals surface area (Å²) in [7, 11) is 0. The Morgan fingerprint density at radius 3 is 2.89 bits per heavy atom. The van der Waals surface area contributed by atoms with Crippen molar-refractivity contribution in [2.45, 2.75) is 13.5 Å². The number of H-pyrrole nitrogens is 1. The summed E-state index contributed by atoms with van der Waals surface area (Å²) in [6.07, 6.45) is 0. The smallest absolute Gasteiger partial charge is 0.262 e. The fourth-order valence-corrected chi connectivity index (χ4v) is 3.88. The average Bonchev–Trinajstić information content (AvgIpc) is 3.12. The van der Waals surface area contributed by atoms with E-state index in [-0.39, 0.29) is 23.6 Å². The number of pyridine rings is 1. The number of rotatable bonds is 4. The second kappa shape index (κ2) is 6.81. The van der Waals surface area contributed by atoms with Crippen LogP contribution in [-0.2, 0) is 6.54 Å². The summed E-state index contributed by atoms with van der Waals surface area (Å²) < 4.78 is 1.55. The molecule has 0 aliphatic carbocycles. The maximum atomic E-state index is 12.6. The maximum absolute atomic E-state index is 12.6. The molecule has 0 spiro atoms. The molecule has 1 aromatic carbocycles. The van der Waals surface area contributed by atoms with Gasteiger partial charge >= 0.3 is 0 Å². The molecule has 7 nitrogen and oxygen atoms in total. The number of fused-ring (bicyclic) bond motifs is 2. The number of aromatic nitrogens is 3. The number of nitrogens with one attached hydrogen (secondary N) is 2. The molecule has 27 heavy (non-hydrogen) atoms. The standard InChI is InChI=1S/C19H16N4O3S/c1-11-21-18-13(6-9-27-18)19(26)23(11)8-7-20-17(25)14-10-16(24)22-15-5-3-2-4-12(14)15/h2-6,9-10H,7-8H2,1H3,(H,20,25)(H,22,24). The van der Waals surface area contributed by atoms with Crippen LogP contribution in [0.4, 0.5) is 0 Å². The van der Waals surface area contributed by atoms with Gasteiger partial charge in [-0.25, -0.2) is 4.98 Å². The van der Waals surface area contributed by atoms with Crippen molar-refractivity contribution in [3.05, 3.63) is 73.9 Å². The Labute approximate surface area is 157 Å². The highest BCUT2D eigenvalue weighted by Gasteiger charge is 2.13. The van der Waals surface area contributed by atoms with Gasteiger partial charge in [0.2, 0.25) is 5.56 Å². The molecule has 2 N–H and O–H groups in total. The van der Waals surface area contributed by atoms with Crippen LogP contribution >= 0.6 is 11.3 Å². The summed E-state index contributed by atoms with van der Waals surface area (Å²) in [4.78, 5) is 44.8. The lowest BCUT2D eigenvalue weighted by molar-refractivity contribution is 0.0953. The van der Waals surface area contributed by atoms with Crippen LogP contribution < -0.4 is 16.4 Å². The molecule has 0 saturated heterocycles. The van der Waals surface area contributed by atoms with Crippen molar-refractivity contribution in [2.75, 3.05) is 6.54 Å². The number of nitrogens with zero attached hydrogens (tertiary/aromatic N) is 2. The van der Waals surface area contributed by atoms with Crippen LogP contribution in [-0.4, -0.2) is 27.0 Å². The quantitative estimate of drug-likeness (QED) is 0.566. The van der Waals surface area contributed by atoms with Gasteiger partial charge in [-0.1, -0.05) is 18.2 Å². The molecule has 3 heterocycles. The molecule has 136 valence electrons. The third-order valence-corrected chi connectivity index (χ3v) is 5.20. The largest absolute Gasteiger partial charge is 0.350 e. The summed E-state index contributed by atoms with van der Waals surface area (Å²) >= 11 is 1.43. The van der Waals surface area contributed by atoms with Crippen molar-refractivity contribution in [3.63, 3.8) is 0 Å². The first-order valence-corrected chi connectivity index (χ1v) is 9.27. The van der Waals surface area contributed by atoms with Gasteiger partial charge in [-0.3, -0.25) is 19.0 Å². The molecule has 0 radical (unpaired) electrons. The first-order valence-electron chi connectivity index (χ1n) is 8.39. The number of aryl methyl sites for hydroxylation is 1. The van der Waals surface area contributed by atoms with Gasteiger partial charge in [0.05, 0.1) is 10.9 Å². The van der Waals surface area contributed by atoms with Gasteiger partial charge in [-0.05, 0) is 24.4 Å². The molecule has 0 bridgehead atoms. The molecule has 0 atom stereocenters. The van der Waals surface area contributed by atoms with Gasteiger partial charge in [0.1, 0.15) is 10.7 Å². The zero-order valence-electron chi connectivity index (χ0n) is 14.5. The highest BCUT2D eigenvalue weighted by Crippen LogP contribution is 2.15. The molecule has 1 amide bonds. The fourth-order valence-electron chi connectivity index (χ4n) is 3.08. The molecule has 0 aliphatic heterocycles. The lowest BCUT2D eigenvalue weighted by atomic mass is 10.1. The molecule has 3 aromatic heterocycles. The van der Waals surface area contributed by atoms with E-state index in [1.54, 1.807) is 35.8 Å². The minimum Gasteiger partial charge on any atom is -0.350 e. The zero-order chi connectivity index (χ0) is 19.0. The van der Waals surface area contributed by atoms with Crippen LogP contribution in [0.5, 0.6) is 0 Å². The monoisotopic (exact) mass is 380 g/mol. The van der Waals surface area contributed by atoms with E-state index in [4.69, 9.17) is 0 Å². The Hall–Kier alpha value is -3.26. The summed E-state index contributed by atoms with van der Waals surface area (Å²) in [6.45, 7) is 2.32. The number of hydrogen-bond acceptors (Lipinski definition) is 5. The zero-order valence-corrected chi connectivity index (χ0v) is 15.3. The molecule has 4 aromatic rings. The van der Waals surface area contributed by atoms with Crippen molar-refractivity contribution in [2.24, 2.45) is 0 Å². The lowest BCUT2D eigenvalue weighted by Crippen LogP contribution is -2.32. The van der Waals surface area contributed by atoms with Crippen molar-refractivity contribution in [3.8, 4) is 0 Å². The van der Waals surface area contributed by atoms with Crippen molar-refractivity contribution in [1.29, 1.82) is 0 Å². The van der Waals surface area contributed by atoms with E-state index in [0.717, 1.165) is 0 Å². The summed E-state index contributed by atoms with van der Waals surface area (Å²) in [5, 5.41) is 5.87. The number of carbonyl (C=O) groups is 1. The summed E-state index contributed by atoms with van der Waals surface area (Å²) in [6, 6.07) is 10.2. The van der Waals surface area contributed by atoms with Gasteiger partial charge in [-0.15, -0.1) is 11.3 Å². The maximum Gasteiger partial charge on any atom is 0.262 e. The second-order valence-electron chi connectivity index (χ2n) is 6.10. The number of para-hydroxylation sites is 1. The van der Waals surface area contributed by atoms with E-state index in [0.29, 0.717) is 39.1 Å². The lowest BCUT2D eigenvalue weighted by Gasteiger charge is -2.11. The number of aromatic amines is 1. The summed E-state index contributed by atoms with van der Waals surface area (Å²) in [5.74, 6) is 0.248. The van der Waals surface area contributed by atoms with E-state index in [2.05, 4.69) is 15.3 Å². The van der Waals surface area contributed by atoms with Gasteiger partial charge in [0.25, 0.3) is 11.5 Å². The number of benzene rings is 1. The summed E-state index contributed by atoms with van der Waals surface area (Å²) in [5.41, 5.74) is 0.465. The topological polar surface area (TPSA) is 96.8 Å². The van der Waals surface area contributed by atoms with Crippen LogP contribution in [0, 0.1) is 6.92 Å². The first kappa shape index (κ1) is 17.2.